The van der Waals surface area contributed by atoms with Gasteiger partial charge in [0.25, 0.3) is 5.91 Å². The first kappa shape index (κ1) is 23.5. The molecule has 1 N–H and O–H groups in total. The monoisotopic (exact) mass is 453 g/mol. The molecule has 2 atom stereocenters. The van der Waals surface area contributed by atoms with E-state index >= 15 is 0 Å². The van der Waals surface area contributed by atoms with Gasteiger partial charge in [-0.15, -0.1) is 0 Å². The number of hydrogen-bond acceptors (Lipinski definition) is 7. The van der Waals surface area contributed by atoms with Crippen LogP contribution in [0.25, 0.3) is 0 Å². The molecule has 10 heteroatoms. The van der Waals surface area contributed by atoms with Crippen molar-refractivity contribution in [3.8, 4) is 0 Å². The summed E-state index contributed by atoms with van der Waals surface area (Å²) in [7, 11) is 0. The maximum absolute atomic E-state index is 12.9. The highest BCUT2D eigenvalue weighted by molar-refractivity contribution is 6.30. The summed E-state index contributed by atoms with van der Waals surface area (Å²) < 4.78 is 11.1. The largest absolute Gasteiger partial charge is 0.444 e. The molecule has 2 fully saturated rings. The Balaban J connectivity index is 1.42. The highest BCUT2D eigenvalue weighted by atomic mass is 35.5. The van der Waals surface area contributed by atoms with Crippen molar-refractivity contribution in [3.63, 3.8) is 0 Å². The minimum atomic E-state index is -0.554. The third-order valence-corrected chi connectivity index (χ3v) is 5.49. The van der Waals surface area contributed by atoms with Crippen LogP contribution in [0.15, 0.2) is 12.4 Å². The van der Waals surface area contributed by atoms with Gasteiger partial charge in [-0.25, -0.2) is 14.8 Å². The molecular weight excluding hydrogens is 422 g/mol. The molecule has 2 aliphatic heterocycles. The van der Waals surface area contributed by atoms with E-state index in [9.17, 15) is 9.59 Å². The lowest BCUT2D eigenvalue weighted by atomic mass is 10.0. The van der Waals surface area contributed by atoms with Crippen LogP contribution < -0.4 is 10.2 Å². The summed E-state index contributed by atoms with van der Waals surface area (Å²) in [5, 5.41) is 3.25. The number of ether oxygens (including phenoxy) is 2. The van der Waals surface area contributed by atoms with E-state index in [0.717, 1.165) is 25.9 Å². The molecule has 31 heavy (non-hydrogen) atoms. The van der Waals surface area contributed by atoms with Crippen LogP contribution in [0.5, 0.6) is 0 Å². The number of alkyl carbamates (subject to hydrolysis) is 1. The second kappa shape index (κ2) is 9.99. The van der Waals surface area contributed by atoms with Crippen molar-refractivity contribution in [2.24, 2.45) is 0 Å². The molecule has 2 saturated heterocycles. The van der Waals surface area contributed by atoms with Crippen molar-refractivity contribution >= 4 is 29.5 Å². The van der Waals surface area contributed by atoms with Crippen LogP contribution in [0.4, 0.5) is 10.7 Å². The van der Waals surface area contributed by atoms with Crippen LogP contribution in [0, 0.1) is 0 Å². The average molecular weight is 454 g/mol. The van der Waals surface area contributed by atoms with Crippen molar-refractivity contribution in [1.82, 2.24) is 20.2 Å². The SMILES string of the molecule is C[C@@H](CO[C@@H]1CCN(C2CCN(c3ncc(Cl)cn3)CC2)C1=O)NC(=O)OC(C)(C)C. The van der Waals surface area contributed by atoms with Gasteiger partial charge in [-0.1, -0.05) is 11.6 Å². The van der Waals surface area contributed by atoms with E-state index in [2.05, 4.69) is 20.2 Å². The molecule has 0 unspecified atom stereocenters. The number of aromatic nitrogens is 2. The van der Waals surface area contributed by atoms with Crippen LogP contribution in [0.3, 0.4) is 0 Å². The summed E-state index contributed by atoms with van der Waals surface area (Å²) in [6, 6.07) is -0.0544. The van der Waals surface area contributed by atoms with Crippen molar-refractivity contribution in [3.05, 3.63) is 17.4 Å². The zero-order chi connectivity index (χ0) is 22.6. The van der Waals surface area contributed by atoms with E-state index in [0.29, 0.717) is 23.9 Å². The Labute approximate surface area is 188 Å². The first-order chi connectivity index (χ1) is 14.6. The van der Waals surface area contributed by atoms with Gasteiger partial charge < -0.3 is 24.6 Å². The molecule has 9 nitrogen and oxygen atoms in total. The van der Waals surface area contributed by atoms with Crippen molar-refractivity contribution in [2.75, 3.05) is 31.1 Å². The number of nitrogens with one attached hydrogen (secondary N) is 1. The molecule has 2 aliphatic rings. The molecule has 0 aliphatic carbocycles. The summed E-state index contributed by atoms with van der Waals surface area (Å²) in [5.74, 6) is 0.703. The lowest BCUT2D eigenvalue weighted by molar-refractivity contribution is -0.139. The van der Waals surface area contributed by atoms with Crippen LogP contribution >= 0.6 is 11.6 Å². The van der Waals surface area contributed by atoms with Gasteiger partial charge in [0.1, 0.15) is 11.7 Å². The number of hydrogen-bond donors (Lipinski definition) is 1. The maximum atomic E-state index is 12.9. The molecule has 2 amide bonds. The van der Waals surface area contributed by atoms with E-state index in [1.807, 2.05) is 32.6 Å². The van der Waals surface area contributed by atoms with Gasteiger partial charge in [0.15, 0.2) is 0 Å². The topological polar surface area (TPSA) is 96.9 Å². The number of carbonyl (C=O) groups is 2. The summed E-state index contributed by atoms with van der Waals surface area (Å²) in [5.41, 5.74) is -0.554. The third kappa shape index (κ3) is 6.67. The van der Waals surface area contributed by atoms with Crippen molar-refractivity contribution in [1.29, 1.82) is 0 Å². The van der Waals surface area contributed by atoms with Crippen LogP contribution in [0.2, 0.25) is 5.02 Å². The normalized spacial score (nSPS) is 21.3. The second-order valence-electron chi connectivity index (χ2n) is 9.11. The number of piperidine rings is 1. The number of anilines is 1. The number of carbonyl (C=O) groups excluding carboxylic acids is 2. The maximum Gasteiger partial charge on any atom is 0.407 e. The fourth-order valence-electron chi connectivity index (χ4n) is 3.85. The first-order valence-corrected chi connectivity index (χ1v) is 11.1. The quantitative estimate of drug-likeness (QED) is 0.707. The number of nitrogens with zero attached hydrogens (tertiary/aromatic N) is 4. The molecule has 3 heterocycles. The van der Waals surface area contributed by atoms with Gasteiger partial charge in [-0.3, -0.25) is 4.79 Å². The molecule has 0 bridgehead atoms. The average Bonchev–Trinajstić information content (AvgIpc) is 3.06. The summed E-state index contributed by atoms with van der Waals surface area (Å²) in [6.45, 7) is 9.80. The Bertz CT molecular complexity index is 762. The van der Waals surface area contributed by atoms with Gasteiger partial charge >= 0.3 is 6.09 Å². The Kier molecular flexibility index (Phi) is 7.59. The number of rotatable bonds is 6. The smallest absolute Gasteiger partial charge is 0.407 e. The Morgan fingerprint density at radius 3 is 2.48 bits per heavy atom. The highest BCUT2D eigenvalue weighted by Crippen LogP contribution is 2.25. The molecule has 1 aromatic rings. The molecular formula is C21H32ClN5O4. The number of halogens is 1. The Morgan fingerprint density at radius 1 is 1.23 bits per heavy atom. The first-order valence-electron chi connectivity index (χ1n) is 10.8. The Hall–Kier alpha value is -2.13. The zero-order valence-electron chi connectivity index (χ0n) is 18.6. The molecule has 0 radical (unpaired) electrons. The van der Waals surface area contributed by atoms with Gasteiger partial charge in [-0.05, 0) is 40.5 Å². The molecule has 0 aromatic carbocycles. The standard InChI is InChI=1S/C21H32ClN5O4/c1-14(25-20(29)31-21(2,3)4)13-30-17-7-10-27(18(17)28)16-5-8-26(9-6-16)19-23-11-15(22)12-24-19/h11-12,14,16-17H,5-10,13H2,1-4H3,(H,25,29)/t14-,17+/m0/s1. The van der Waals surface area contributed by atoms with E-state index in [1.54, 1.807) is 12.4 Å². The van der Waals surface area contributed by atoms with E-state index < -0.39 is 17.8 Å². The molecule has 0 saturated carbocycles. The van der Waals surface area contributed by atoms with Crippen LogP contribution in [-0.4, -0.2) is 76.9 Å². The van der Waals surface area contributed by atoms with Crippen LogP contribution in [0.1, 0.15) is 47.0 Å². The fourth-order valence-corrected chi connectivity index (χ4v) is 3.95. The van der Waals surface area contributed by atoms with Gasteiger partial charge in [0.05, 0.1) is 30.1 Å². The van der Waals surface area contributed by atoms with E-state index in [-0.39, 0.29) is 24.6 Å². The third-order valence-electron chi connectivity index (χ3n) is 5.30. The number of likely N-dealkylation sites (tertiary alicyclic amines) is 1. The molecule has 3 rings (SSSR count). The van der Waals surface area contributed by atoms with E-state index in [4.69, 9.17) is 21.1 Å². The summed E-state index contributed by atoms with van der Waals surface area (Å²) in [6.07, 6.45) is 4.64. The minimum Gasteiger partial charge on any atom is -0.444 e. The van der Waals surface area contributed by atoms with E-state index in [1.165, 1.54) is 0 Å². The van der Waals surface area contributed by atoms with Crippen molar-refractivity contribution < 1.29 is 19.1 Å². The fraction of sp³-hybridized carbons (Fsp3) is 0.714. The van der Waals surface area contributed by atoms with Crippen molar-refractivity contribution in [2.45, 2.75) is 70.7 Å². The molecule has 172 valence electrons. The lowest BCUT2D eigenvalue weighted by Crippen LogP contribution is -2.47. The predicted molar refractivity (Wildman–Crippen MR) is 117 cm³/mol. The number of amides is 2. The zero-order valence-corrected chi connectivity index (χ0v) is 19.4. The van der Waals surface area contributed by atoms with Gasteiger partial charge in [0, 0.05) is 32.1 Å². The molecule has 1 aromatic heterocycles. The predicted octanol–water partition coefficient (Wildman–Crippen LogP) is 2.63. The van der Waals surface area contributed by atoms with Crippen LogP contribution in [-0.2, 0) is 14.3 Å². The van der Waals surface area contributed by atoms with Gasteiger partial charge in [-0.2, -0.15) is 0 Å². The second-order valence-corrected chi connectivity index (χ2v) is 9.55. The van der Waals surface area contributed by atoms with Gasteiger partial charge in [0.2, 0.25) is 5.95 Å². The summed E-state index contributed by atoms with van der Waals surface area (Å²) in [4.78, 5) is 37.3. The summed E-state index contributed by atoms with van der Waals surface area (Å²) >= 11 is 5.86. The Morgan fingerprint density at radius 2 is 1.87 bits per heavy atom. The molecule has 0 spiro atoms. The lowest BCUT2D eigenvalue weighted by Gasteiger charge is -2.36. The highest BCUT2D eigenvalue weighted by Gasteiger charge is 2.38. The minimum absolute atomic E-state index is 0.0330.